The van der Waals surface area contributed by atoms with E-state index in [1.165, 1.54) is 36.4 Å². The average molecular weight is 472 g/mol. The molecular formula is C12H8Br2O6S2. The van der Waals surface area contributed by atoms with Gasteiger partial charge in [-0.05, 0) is 44.0 Å². The van der Waals surface area contributed by atoms with Crippen molar-refractivity contribution >= 4 is 52.1 Å². The molecule has 118 valence electrons. The number of benzene rings is 2. The molecule has 2 aromatic rings. The highest BCUT2D eigenvalue weighted by Gasteiger charge is 2.26. The van der Waals surface area contributed by atoms with E-state index in [4.69, 9.17) is 0 Å². The van der Waals surface area contributed by atoms with Crippen LogP contribution >= 0.6 is 31.9 Å². The van der Waals surface area contributed by atoms with E-state index in [9.17, 15) is 25.9 Å². The zero-order chi connectivity index (χ0) is 16.7. The molecule has 2 rings (SSSR count). The Balaban J connectivity index is 2.98. The predicted octanol–water partition coefficient (Wildman–Crippen LogP) is 3.37. The van der Waals surface area contributed by atoms with Crippen molar-refractivity contribution in [3.8, 4) is 11.1 Å². The van der Waals surface area contributed by atoms with E-state index in [2.05, 4.69) is 31.9 Å². The molecule has 0 saturated carbocycles. The lowest BCUT2D eigenvalue weighted by Crippen LogP contribution is -2.06. The van der Waals surface area contributed by atoms with Gasteiger partial charge < -0.3 is 0 Å². The van der Waals surface area contributed by atoms with Crippen LogP contribution in [0, 0.1) is 0 Å². The maximum atomic E-state index is 11.6. The summed E-state index contributed by atoms with van der Waals surface area (Å²) in [6.07, 6.45) is 0. The maximum absolute atomic E-state index is 11.6. The fourth-order valence-corrected chi connectivity index (χ4v) is 5.47. The molecule has 0 fully saturated rings. The lowest BCUT2D eigenvalue weighted by molar-refractivity contribution is 0.479. The molecule has 6 nitrogen and oxygen atoms in total. The first-order valence-electron chi connectivity index (χ1n) is 5.56. The van der Waals surface area contributed by atoms with E-state index in [0.717, 1.165) is 0 Å². The lowest BCUT2D eigenvalue weighted by Gasteiger charge is -2.13. The Morgan fingerprint density at radius 1 is 0.682 bits per heavy atom. The van der Waals surface area contributed by atoms with Gasteiger partial charge in [0.25, 0.3) is 20.2 Å². The topological polar surface area (TPSA) is 109 Å². The summed E-state index contributed by atoms with van der Waals surface area (Å²) in [5.74, 6) is 0. The predicted molar refractivity (Wildman–Crippen MR) is 86.9 cm³/mol. The van der Waals surface area contributed by atoms with Crippen molar-refractivity contribution in [2.45, 2.75) is 9.79 Å². The molecule has 2 N–H and O–H groups in total. The van der Waals surface area contributed by atoms with Crippen LogP contribution in [0.5, 0.6) is 0 Å². The summed E-state index contributed by atoms with van der Waals surface area (Å²) in [7, 11) is -9.25. The molecule has 0 aromatic heterocycles. The number of halogens is 2. The molecule has 0 aliphatic rings. The lowest BCUT2D eigenvalue weighted by atomic mass is 10.1. The summed E-state index contributed by atoms with van der Waals surface area (Å²) >= 11 is 6.02. The van der Waals surface area contributed by atoms with Crippen LogP contribution in [-0.2, 0) is 20.2 Å². The highest BCUT2D eigenvalue weighted by molar-refractivity contribution is 9.10. The number of hydrogen-bond acceptors (Lipinski definition) is 4. The van der Waals surface area contributed by atoms with Gasteiger partial charge in [-0.2, -0.15) is 16.8 Å². The highest BCUT2D eigenvalue weighted by atomic mass is 79.9. The third-order valence-electron chi connectivity index (χ3n) is 2.74. The van der Waals surface area contributed by atoms with Gasteiger partial charge in [-0.1, -0.05) is 24.3 Å². The first-order valence-corrected chi connectivity index (χ1v) is 10.0. The van der Waals surface area contributed by atoms with Crippen LogP contribution in [0.3, 0.4) is 0 Å². The largest absolute Gasteiger partial charge is 0.296 e. The van der Waals surface area contributed by atoms with Crippen molar-refractivity contribution in [2.75, 3.05) is 0 Å². The molecule has 0 heterocycles. The summed E-state index contributed by atoms with van der Waals surface area (Å²) in [5.41, 5.74) is -0.128. The van der Waals surface area contributed by atoms with Gasteiger partial charge >= 0.3 is 0 Å². The molecule has 0 saturated heterocycles. The summed E-state index contributed by atoms with van der Waals surface area (Å²) in [5, 5.41) is 0. The first kappa shape index (κ1) is 17.6. The monoisotopic (exact) mass is 470 g/mol. The molecule has 22 heavy (non-hydrogen) atoms. The zero-order valence-corrected chi connectivity index (χ0v) is 15.4. The van der Waals surface area contributed by atoms with Gasteiger partial charge in [-0.15, -0.1) is 0 Å². The van der Waals surface area contributed by atoms with Gasteiger partial charge in [0, 0.05) is 20.1 Å². The molecule has 0 aliphatic carbocycles. The summed E-state index contributed by atoms with van der Waals surface area (Å²) in [6, 6.07) is 8.37. The Morgan fingerprint density at radius 2 is 1.00 bits per heavy atom. The van der Waals surface area contributed by atoms with Crippen molar-refractivity contribution in [3.05, 3.63) is 45.3 Å². The van der Waals surface area contributed by atoms with Crippen LogP contribution in [0.15, 0.2) is 55.1 Å². The Labute approximate surface area is 143 Å². The average Bonchev–Trinajstić information content (AvgIpc) is 2.35. The third kappa shape index (κ3) is 3.42. The van der Waals surface area contributed by atoms with Crippen LogP contribution in [0.1, 0.15) is 0 Å². The normalized spacial score (nSPS) is 12.4. The van der Waals surface area contributed by atoms with Gasteiger partial charge in [0.2, 0.25) is 0 Å². The van der Waals surface area contributed by atoms with E-state index in [1.807, 2.05) is 0 Å². The number of rotatable bonds is 3. The van der Waals surface area contributed by atoms with Crippen molar-refractivity contribution in [3.63, 3.8) is 0 Å². The fourth-order valence-electron chi connectivity index (χ4n) is 1.97. The van der Waals surface area contributed by atoms with Gasteiger partial charge in [0.05, 0.1) is 0 Å². The second-order valence-electron chi connectivity index (χ2n) is 4.18. The van der Waals surface area contributed by atoms with E-state index in [0.29, 0.717) is 0 Å². The van der Waals surface area contributed by atoms with Crippen LogP contribution in [-0.4, -0.2) is 25.9 Å². The van der Waals surface area contributed by atoms with Crippen LogP contribution in [0.25, 0.3) is 11.1 Å². The Morgan fingerprint density at radius 3 is 1.27 bits per heavy atom. The Hall–Kier alpha value is -0.780. The van der Waals surface area contributed by atoms with E-state index in [-0.39, 0.29) is 20.1 Å². The van der Waals surface area contributed by atoms with Gasteiger partial charge in [-0.3, -0.25) is 9.11 Å². The van der Waals surface area contributed by atoms with Crippen molar-refractivity contribution in [2.24, 2.45) is 0 Å². The molecule has 0 aliphatic heterocycles. The van der Waals surface area contributed by atoms with Crippen molar-refractivity contribution in [1.82, 2.24) is 0 Å². The molecule has 0 amide bonds. The summed E-state index contributed by atoms with van der Waals surface area (Å²) in [6.45, 7) is 0. The molecule has 10 heteroatoms. The maximum Gasteiger partial charge on any atom is 0.296 e. The van der Waals surface area contributed by atoms with Crippen molar-refractivity contribution < 1.29 is 25.9 Å². The van der Waals surface area contributed by atoms with Crippen LogP contribution in [0.2, 0.25) is 0 Å². The molecule has 2 aromatic carbocycles. The second kappa shape index (κ2) is 6.02. The van der Waals surface area contributed by atoms with Crippen LogP contribution in [0.4, 0.5) is 0 Å². The van der Waals surface area contributed by atoms with E-state index in [1.54, 1.807) is 0 Å². The fraction of sp³-hybridized carbons (Fsp3) is 0. The van der Waals surface area contributed by atoms with Gasteiger partial charge in [0.1, 0.15) is 9.79 Å². The van der Waals surface area contributed by atoms with E-state index < -0.39 is 30.0 Å². The zero-order valence-electron chi connectivity index (χ0n) is 10.6. The summed E-state index contributed by atoms with van der Waals surface area (Å²) < 4.78 is 65.3. The van der Waals surface area contributed by atoms with Crippen molar-refractivity contribution in [1.29, 1.82) is 0 Å². The molecular weight excluding hydrogens is 464 g/mol. The molecule has 0 atom stereocenters. The standard InChI is InChI=1S/C12H8Br2O6S2/c13-9-5-1-3-7(11(9)21(15,16)17)8-4-2-6-10(14)12(8)22(18,19)20/h1-6H,(H,15,16,17)(H,18,19,20). The molecule has 0 radical (unpaired) electrons. The minimum atomic E-state index is -4.63. The Kier molecular flexibility index (Phi) is 4.81. The third-order valence-corrected chi connectivity index (χ3v) is 6.50. The number of hydrogen-bond donors (Lipinski definition) is 2. The van der Waals surface area contributed by atoms with Gasteiger partial charge in [-0.25, -0.2) is 0 Å². The van der Waals surface area contributed by atoms with Gasteiger partial charge in [0.15, 0.2) is 0 Å². The Bertz CT molecular complexity index is 872. The van der Waals surface area contributed by atoms with E-state index >= 15 is 0 Å². The minimum Gasteiger partial charge on any atom is -0.282 e. The minimum absolute atomic E-state index is 0.0637. The molecule has 0 spiro atoms. The molecule has 0 unspecified atom stereocenters. The quantitative estimate of drug-likeness (QED) is 0.664. The highest BCUT2D eigenvalue weighted by Crippen LogP contribution is 2.38. The summed E-state index contributed by atoms with van der Waals surface area (Å²) in [4.78, 5) is -0.976. The smallest absolute Gasteiger partial charge is 0.282 e. The first-order chi connectivity index (χ1) is 10.0. The molecule has 0 bridgehead atoms. The van der Waals surface area contributed by atoms with Crippen LogP contribution < -0.4 is 0 Å². The SMILES string of the molecule is O=S(=O)(O)c1c(Br)cccc1-c1cccc(Br)c1S(=O)(=O)O. The second-order valence-corrected chi connectivity index (χ2v) is 8.61.